The van der Waals surface area contributed by atoms with Crippen molar-refractivity contribution < 1.29 is 9.53 Å². The van der Waals surface area contributed by atoms with Crippen LogP contribution in [0.3, 0.4) is 0 Å². The normalized spacial score (nSPS) is 22.8. The molecule has 0 N–H and O–H groups in total. The fraction of sp³-hybridized carbons (Fsp3) is 0.625. The molecule has 0 bridgehead atoms. The molecule has 4 heteroatoms. The maximum Gasteiger partial charge on any atom is 0.339 e. The first kappa shape index (κ1) is 15.0. The average Bonchev–Trinajstić information content (AvgIpc) is 2.47. The van der Waals surface area contributed by atoms with Gasteiger partial charge >= 0.3 is 5.97 Å². The summed E-state index contributed by atoms with van der Waals surface area (Å²) in [5.41, 5.74) is 1.50. The fourth-order valence-electron chi connectivity index (χ4n) is 3.08. The van der Waals surface area contributed by atoms with Crippen molar-refractivity contribution in [3.63, 3.8) is 0 Å². The number of rotatable bonds is 4. The van der Waals surface area contributed by atoms with Gasteiger partial charge in [-0.1, -0.05) is 19.8 Å². The number of ether oxygens (including phenoxy) is 1. The molecular formula is C16H24N2O2. The second-order valence-electron chi connectivity index (χ2n) is 5.77. The van der Waals surface area contributed by atoms with E-state index in [1.165, 1.54) is 32.8 Å². The third kappa shape index (κ3) is 3.57. The molecule has 0 amide bonds. The van der Waals surface area contributed by atoms with Crippen LogP contribution >= 0.6 is 0 Å². The Morgan fingerprint density at radius 2 is 2.15 bits per heavy atom. The topological polar surface area (TPSA) is 42.4 Å². The highest BCUT2D eigenvalue weighted by atomic mass is 16.5. The van der Waals surface area contributed by atoms with Gasteiger partial charge < -0.3 is 4.74 Å². The lowest BCUT2D eigenvalue weighted by molar-refractivity contribution is 0.0600. The SMILES string of the molecule is COC(=O)c1ccc(CN(C)C2CCCCC2C)nc1. The van der Waals surface area contributed by atoms with Gasteiger partial charge in [0.25, 0.3) is 0 Å². The minimum absolute atomic E-state index is 0.335. The van der Waals surface area contributed by atoms with E-state index in [0.717, 1.165) is 18.2 Å². The van der Waals surface area contributed by atoms with Crippen LogP contribution in [0.15, 0.2) is 18.3 Å². The highest BCUT2D eigenvalue weighted by Gasteiger charge is 2.25. The Labute approximate surface area is 121 Å². The van der Waals surface area contributed by atoms with Gasteiger partial charge in [0.05, 0.1) is 18.4 Å². The smallest absolute Gasteiger partial charge is 0.339 e. The molecule has 0 aromatic carbocycles. The van der Waals surface area contributed by atoms with Crippen LogP contribution in [0.2, 0.25) is 0 Å². The largest absolute Gasteiger partial charge is 0.465 e. The Kier molecular flexibility index (Phi) is 5.12. The quantitative estimate of drug-likeness (QED) is 0.793. The predicted octanol–water partition coefficient (Wildman–Crippen LogP) is 2.88. The number of esters is 1. The maximum absolute atomic E-state index is 11.4. The number of pyridine rings is 1. The van der Waals surface area contributed by atoms with Crippen LogP contribution in [-0.2, 0) is 11.3 Å². The third-order valence-electron chi connectivity index (χ3n) is 4.29. The molecule has 0 spiro atoms. The number of hydrogen-bond acceptors (Lipinski definition) is 4. The number of nitrogens with zero attached hydrogens (tertiary/aromatic N) is 2. The van der Waals surface area contributed by atoms with E-state index in [1.54, 1.807) is 12.3 Å². The number of hydrogen-bond donors (Lipinski definition) is 0. The van der Waals surface area contributed by atoms with Gasteiger partial charge in [-0.2, -0.15) is 0 Å². The minimum atomic E-state index is -0.335. The molecule has 1 aliphatic carbocycles. The van der Waals surface area contributed by atoms with Gasteiger partial charge in [0.15, 0.2) is 0 Å². The molecule has 4 nitrogen and oxygen atoms in total. The van der Waals surface area contributed by atoms with E-state index >= 15 is 0 Å². The van der Waals surface area contributed by atoms with Gasteiger partial charge in [0.2, 0.25) is 0 Å². The molecule has 1 aromatic rings. The molecule has 2 rings (SSSR count). The van der Waals surface area contributed by atoms with Crippen molar-refractivity contribution in [2.24, 2.45) is 5.92 Å². The van der Waals surface area contributed by atoms with Crippen LogP contribution < -0.4 is 0 Å². The Morgan fingerprint density at radius 3 is 2.75 bits per heavy atom. The molecule has 1 aromatic heterocycles. The number of methoxy groups -OCH3 is 1. The van der Waals surface area contributed by atoms with Gasteiger partial charge in [-0.25, -0.2) is 4.79 Å². The molecule has 1 heterocycles. The monoisotopic (exact) mass is 276 g/mol. The first-order valence-corrected chi connectivity index (χ1v) is 7.35. The average molecular weight is 276 g/mol. The van der Waals surface area contributed by atoms with Crippen LogP contribution in [0, 0.1) is 5.92 Å². The zero-order valence-electron chi connectivity index (χ0n) is 12.6. The maximum atomic E-state index is 11.4. The van der Waals surface area contributed by atoms with E-state index in [-0.39, 0.29) is 5.97 Å². The van der Waals surface area contributed by atoms with E-state index in [1.807, 2.05) is 6.07 Å². The molecule has 110 valence electrons. The summed E-state index contributed by atoms with van der Waals surface area (Å²) in [7, 11) is 3.55. The fourth-order valence-corrected chi connectivity index (χ4v) is 3.08. The summed E-state index contributed by atoms with van der Waals surface area (Å²) in [6.07, 6.45) is 6.88. The summed E-state index contributed by atoms with van der Waals surface area (Å²) in [5, 5.41) is 0. The Bertz CT molecular complexity index is 444. The Morgan fingerprint density at radius 1 is 1.40 bits per heavy atom. The lowest BCUT2D eigenvalue weighted by Gasteiger charge is -2.36. The van der Waals surface area contributed by atoms with Crippen molar-refractivity contribution in [3.8, 4) is 0 Å². The van der Waals surface area contributed by atoms with Gasteiger partial charge in [-0.05, 0) is 37.9 Å². The zero-order chi connectivity index (χ0) is 14.5. The van der Waals surface area contributed by atoms with Gasteiger partial charge in [-0.15, -0.1) is 0 Å². The molecule has 1 fully saturated rings. The van der Waals surface area contributed by atoms with E-state index in [0.29, 0.717) is 11.6 Å². The minimum Gasteiger partial charge on any atom is -0.465 e. The van der Waals surface area contributed by atoms with Crippen LogP contribution in [0.5, 0.6) is 0 Å². The lowest BCUT2D eigenvalue weighted by Crippen LogP contribution is -2.38. The summed E-state index contributed by atoms with van der Waals surface area (Å²) in [6.45, 7) is 3.17. The summed E-state index contributed by atoms with van der Waals surface area (Å²) in [6, 6.07) is 4.34. The highest BCUT2D eigenvalue weighted by molar-refractivity contribution is 5.88. The van der Waals surface area contributed by atoms with Crippen molar-refractivity contribution in [1.29, 1.82) is 0 Å². The number of carbonyl (C=O) groups is 1. The molecule has 2 unspecified atom stereocenters. The van der Waals surface area contributed by atoms with E-state index in [2.05, 4.69) is 28.6 Å². The van der Waals surface area contributed by atoms with Gasteiger partial charge in [0.1, 0.15) is 0 Å². The van der Waals surface area contributed by atoms with Crippen molar-refractivity contribution in [3.05, 3.63) is 29.6 Å². The molecule has 0 radical (unpaired) electrons. The third-order valence-corrected chi connectivity index (χ3v) is 4.29. The van der Waals surface area contributed by atoms with Crippen LogP contribution in [0.25, 0.3) is 0 Å². The standard InChI is InChI=1S/C16H24N2O2/c1-12-6-4-5-7-15(12)18(2)11-14-9-8-13(10-17-14)16(19)20-3/h8-10,12,15H,4-7,11H2,1-3H3. The lowest BCUT2D eigenvalue weighted by atomic mass is 9.85. The second-order valence-corrected chi connectivity index (χ2v) is 5.77. The first-order chi connectivity index (χ1) is 9.61. The first-order valence-electron chi connectivity index (χ1n) is 7.35. The summed E-state index contributed by atoms with van der Waals surface area (Å²) in [5.74, 6) is 0.418. The molecule has 1 saturated carbocycles. The number of aromatic nitrogens is 1. The zero-order valence-corrected chi connectivity index (χ0v) is 12.6. The van der Waals surface area contributed by atoms with Crippen LogP contribution in [0.4, 0.5) is 0 Å². The van der Waals surface area contributed by atoms with E-state index in [9.17, 15) is 4.79 Å². The Balaban J connectivity index is 1.97. The molecule has 1 aliphatic rings. The van der Waals surface area contributed by atoms with Gasteiger partial charge in [-0.3, -0.25) is 9.88 Å². The van der Waals surface area contributed by atoms with E-state index < -0.39 is 0 Å². The summed E-state index contributed by atoms with van der Waals surface area (Å²) in [4.78, 5) is 18.1. The Hall–Kier alpha value is -1.42. The molecule has 0 saturated heterocycles. The molecule has 2 atom stereocenters. The van der Waals surface area contributed by atoms with Crippen LogP contribution in [0.1, 0.15) is 48.7 Å². The van der Waals surface area contributed by atoms with Crippen molar-refractivity contribution in [2.45, 2.75) is 45.2 Å². The van der Waals surface area contributed by atoms with Crippen LogP contribution in [-0.4, -0.2) is 36.1 Å². The molecular weight excluding hydrogens is 252 g/mol. The summed E-state index contributed by atoms with van der Waals surface area (Å²) >= 11 is 0. The molecule has 0 aliphatic heterocycles. The van der Waals surface area contributed by atoms with Crippen molar-refractivity contribution in [1.82, 2.24) is 9.88 Å². The number of carbonyl (C=O) groups excluding carboxylic acids is 1. The highest BCUT2D eigenvalue weighted by Crippen LogP contribution is 2.27. The van der Waals surface area contributed by atoms with E-state index in [4.69, 9.17) is 0 Å². The summed E-state index contributed by atoms with van der Waals surface area (Å²) < 4.78 is 4.68. The second kappa shape index (κ2) is 6.84. The van der Waals surface area contributed by atoms with Gasteiger partial charge in [0, 0.05) is 18.8 Å². The van der Waals surface area contributed by atoms with Crippen molar-refractivity contribution in [2.75, 3.05) is 14.2 Å². The molecule has 20 heavy (non-hydrogen) atoms. The predicted molar refractivity (Wildman–Crippen MR) is 78.5 cm³/mol. The van der Waals surface area contributed by atoms with Crippen molar-refractivity contribution >= 4 is 5.97 Å².